The zero-order valence-corrected chi connectivity index (χ0v) is 12.0. The Morgan fingerprint density at radius 3 is 2.75 bits per heavy atom. The van der Waals surface area contributed by atoms with Gasteiger partial charge in [0.05, 0.1) is 15.8 Å². The van der Waals surface area contributed by atoms with Crippen molar-refractivity contribution in [3.8, 4) is 6.07 Å². The fourth-order valence-electron chi connectivity index (χ4n) is 0.916. The number of nitriles is 1. The van der Waals surface area contributed by atoms with E-state index in [9.17, 15) is 8.42 Å². The molecule has 0 aliphatic carbocycles. The van der Waals surface area contributed by atoms with E-state index in [1.807, 2.05) is 13.0 Å². The van der Waals surface area contributed by atoms with E-state index in [0.717, 1.165) is 20.7 Å². The Bertz CT molecular complexity index is 497. The number of hydrogen-bond acceptors (Lipinski definition) is 4. The highest BCUT2D eigenvalue weighted by Gasteiger charge is 2.18. The second-order valence-electron chi connectivity index (χ2n) is 3.40. The van der Waals surface area contributed by atoms with Crippen LogP contribution in [0.4, 0.5) is 0 Å². The van der Waals surface area contributed by atoms with Crippen molar-refractivity contribution >= 4 is 37.3 Å². The van der Waals surface area contributed by atoms with Gasteiger partial charge in [-0.3, -0.25) is 0 Å². The van der Waals surface area contributed by atoms with Crippen molar-refractivity contribution in [1.29, 1.82) is 5.26 Å². The van der Waals surface area contributed by atoms with Gasteiger partial charge in [0.2, 0.25) is 10.0 Å². The lowest BCUT2D eigenvalue weighted by Crippen LogP contribution is -2.27. The molecule has 16 heavy (non-hydrogen) atoms. The number of sulfonamides is 1. The summed E-state index contributed by atoms with van der Waals surface area (Å²) in [5, 5.41) is 8.56. The molecule has 0 spiro atoms. The lowest BCUT2D eigenvalue weighted by molar-refractivity contribution is 0.575. The minimum Gasteiger partial charge on any atom is -0.209 e. The average Bonchev–Trinajstić information content (AvgIpc) is 2.56. The molecule has 0 fully saturated rings. The first kappa shape index (κ1) is 13.6. The van der Waals surface area contributed by atoms with Gasteiger partial charge in [0.1, 0.15) is 4.21 Å². The fraction of sp³-hybridized carbons (Fsp3) is 0.444. The molecule has 1 N–H and O–H groups in total. The molecule has 4 nitrogen and oxygen atoms in total. The van der Waals surface area contributed by atoms with Gasteiger partial charge in [-0.1, -0.05) is 0 Å². The summed E-state index contributed by atoms with van der Waals surface area (Å²) in [5.74, 6) is -0.334. The van der Waals surface area contributed by atoms with Gasteiger partial charge in [-0.2, -0.15) is 5.26 Å². The smallest absolute Gasteiger partial charge is 0.209 e. The molecule has 1 heterocycles. The summed E-state index contributed by atoms with van der Waals surface area (Å²) in [6, 6.07) is 3.58. The number of rotatable bonds is 4. The maximum atomic E-state index is 11.8. The predicted molar refractivity (Wildman–Crippen MR) is 66.7 cm³/mol. The number of aryl methyl sites for hydroxylation is 1. The van der Waals surface area contributed by atoms with Crippen molar-refractivity contribution in [2.45, 2.75) is 18.1 Å². The average molecular weight is 323 g/mol. The number of thiophene rings is 1. The van der Waals surface area contributed by atoms with Crippen molar-refractivity contribution in [3.63, 3.8) is 0 Å². The summed E-state index contributed by atoms with van der Waals surface area (Å²) in [7, 11) is -3.48. The monoisotopic (exact) mass is 322 g/mol. The third-order valence-corrected chi connectivity index (χ3v) is 5.93. The molecule has 88 valence electrons. The zero-order chi connectivity index (χ0) is 12.3. The minimum absolute atomic E-state index is 0.132. The van der Waals surface area contributed by atoms with Gasteiger partial charge in [-0.15, -0.1) is 11.3 Å². The molecule has 0 aliphatic heterocycles. The van der Waals surface area contributed by atoms with Crippen molar-refractivity contribution < 1.29 is 8.42 Å². The number of hydrogen-bond donors (Lipinski definition) is 1. The van der Waals surface area contributed by atoms with Crippen molar-refractivity contribution in [3.05, 3.63) is 15.4 Å². The predicted octanol–water partition coefficient (Wildman–Crippen LogP) is 2.26. The van der Waals surface area contributed by atoms with Crippen molar-refractivity contribution in [2.75, 3.05) is 6.54 Å². The first-order chi connectivity index (χ1) is 7.36. The van der Waals surface area contributed by atoms with Gasteiger partial charge >= 0.3 is 0 Å². The van der Waals surface area contributed by atoms with Crippen LogP contribution in [0.5, 0.6) is 0 Å². The van der Waals surface area contributed by atoms with Crippen LogP contribution >= 0.6 is 27.3 Å². The largest absolute Gasteiger partial charge is 0.250 e. The molecule has 0 bridgehead atoms. The lowest BCUT2D eigenvalue weighted by Gasteiger charge is -2.04. The maximum absolute atomic E-state index is 11.8. The molecule has 7 heteroatoms. The van der Waals surface area contributed by atoms with Gasteiger partial charge < -0.3 is 0 Å². The first-order valence-electron chi connectivity index (χ1n) is 4.52. The van der Waals surface area contributed by atoms with E-state index < -0.39 is 10.0 Å². The van der Waals surface area contributed by atoms with E-state index in [1.165, 1.54) is 0 Å². The van der Waals surface area contributed by atoms with Crippen molar-refractivity contribution in [2.24, 2.45) is 5.92 Å². The summed E-state index contributed by atoms with van der Waals surface area (Å²) < 4.78 is 27.1. The summed E-state index contributed by atoms with van der Waals surface area (Å²) in [4.78, 5) is 0. The third kappa shape index (κ3) is 3.28. The second-order valence-corrected chi connectivity index (χ2v) is 7.77. The van der Waals surface area contributed by atoms with Crippen LogP contribution < -0.4 is 4.72 Å². The molecule has 1 rings (SSSR count). The molecule has 1 atom stereocenters. The quantitative estimate of drug-likeness (QED) is 0.924. The number of halogens is 1. The molecule has 1 aromatic rings. The fourth-order valence-corrected chi connectivity index (χ4v) is 4.32. The van der Waals surface area contributed by atoms with E-state index in [-0.39, 0.29) is 16.7 Å². The SMILES string of the molecule is Cc1cc(S(=O)(=O)NCC(C)C#N)sc1Br. The molecular weight excluding hydrogens is 312 g/mol. The zero-order valence-electron chi connectivity index (χ0n) is 8.82. The van der Waals surface area contributed by atoms with E-state index in [2.05, 4.69) is 20.7 Å². The Balaban J connectivity index is 2.83. The maximum Gasteiger partial charge on any atom is 0.250 e. The Labute approximate surface area is 107 Å². The molecule has 0 amide bonds. The summed E-state index contributed by atoms with van der Waals surface area (Å²) in [5.41, 5.74) is 0.888. The second kappa shape index (κ2) is 5.27. The van der Waals surface area contributed by atoms with Crippen LogP contribution in [0.1, 0.15) is 12.5 Å². The van der Waals surface area contributed by atoms with E-state index in [0.29, 0.717) is 0 Å². The minimum atomic E-state index is -3.48. The standard InChI is InChI=1S/C9H11BrN2O2S2/c1-6(4-11)5-12-16(13,14)8-3-7(2)9(10)15-8/h3,6,12H,5H2,1-2H3. The molecule has 1 aromatic heterocycles. The Morgan fingerprint density at radius 2 is 2.31 bits per heavy atom. The van der Waals surface area contributed by atoms with Crippen LogP contribution in [0.3, 0.4) is 0 Å². The highest BCUT2D eigenvalue weighted by Crippen LogP contribution is 2.30. The van der Waals surface area contributed by atoms with E-state index in [1.54, 1.807) is 13.0 Å². The highest BCUT2D eigenvalue weighted by atomic mass is 79.9. The summed E-state index contributed by atoms with van der Waals surface area (Å²) in [6.45, 7) is 3.63. The topological polar surface area (TPSA) is 70.0 Å². The highest BCUT2D eigenvalue weighted by molar-refractivity contribution is 9.11. The van der Waals surface area contributed by atoms with Gasteiger partial charge in [0.25, 0.3) is 0 Å². The molecule has 0 aromatic carbocycles. The molecular formula is C9H11BrN2O2S2. The Kier molecular flexibility index (Phi) is 4.50. The van der Waals surface area contributed by atoms with Crippen LogP contribution in [0.2, 0.25) is 0 Å². The van der Waals surface area contributed by atoms with E-state index >= 15 is 0 Å². The van der Waals surface area contributed by atoms with Gasteiger partial charge in [0, 0.05) is 6.54 Å². The lowest BCUT2D eigenvalue weighted by atomic mass is 10.2. The van der Waals surface area contributed by atoms with E-state index in [4.69, 9.17) is 5.26 Å². The molecule has 0 radical (unpaired) electrons. The molecule has 0 aliphatic rings. The molecule has 1 unspecified atom stereocenters. The number of nitrogens with one attached hydrogen (secondary N) is 1. The van der Waals surface area contributed by atoms with Crippen LogP contribution in [0.25, 0.3) is 0 Å². The molecule has 0 saturated carbocycles. The Hall–Kier alpha value is -0.420. The van der Waals surface area contributed by atoms with Crippen LogP contribution in [0, 0.1) is 24.2 Å². The van der Waals surface area contributed by atoms with Crippen LogP contribution in [0.15, 0.2) is 14.1 Å². The van der Waals surface area contributed by atoms with Crippen molar-refractivity contribution in [1.82, 2.24) is 4.72 Å². The normalized spacial score (nSPS) is 13.4. The van der Waals surface area contributed by atoms with Gasteiger partial charge in [0.15, 0.2) is 0 Å². The molecule has 0 saturated heterocycles. The Morgan fingerprint density at radius 1 is 1.69 bits per heavy atom. The number of nitrogens with zero attached hydrogens (tertiary/aromatic N) is 1. The first-order valence-corrected chi connectivity index (χ1v) is 7.61. The van der Waals surface area contributed by atoms with Crippen LogP contribution in [-0.2, 0) is 10.0 Å². The van der Waals surface area contributed by atoms with Gasteiger partial charge in [-0.05, 0) is 41.4 Å². The summed E-state index contributed by atoms with van der Waals surface area (Å²) >= 11 is 4.44. The van der Waals surface area contributed by atoms with Crippen LogP contribution in [-0.4, -0.2) is 15.0 Å². The summed E-state index contributed by atoms with van der Waals surface area (Å²) in [6.07, 6.45) is 0. The third-order valence-electron chi connectivity index (χ3n) is 1.90. The van der Waals surface area contributed by atoms with Gasteiger partial charge in [-0.25, -0.2) is 13.1 Å².